The van der Waals surface area contributed by atoms with Gasteiger partial charge in [0, 0.05) is 30.2 Å². The van der Waals surface area contributed by atoms with Crippen molar-refractivity contribution in [3.63, 3.8) is 0 Å². The second-order valence-corrected chi connectivity index (χ2v) is 10.0. The van der Waals surface area contributed by atoms with Crippen LogP contribution in [0.2, 0.25) is 0 Å². The summed E-state index contributed by atoms with van der Waals surface area (Å²) in [7, 11) is 0. The molecule has 5 rings (SSSR count). The molecule has 5 heteroatoms. The third-order valence-corrected chi connectivity index (χ3v) is 7.31. The minimum absolute atomic E-state index is 0.0381. The van der Waals surface area contributed by atoms with Crippen molar-refractivity contribution in [1.82, 2.24) is 5.32 Å². The Morgan fingerprint density at radius 3 is 1.90 bits per heavy atom. The van der Waals surface area contributed by atoms with Crippen molar-refractivity contribution in [1.29, 1.82) is 0 Å². The molecular weight excluding hydrogens is 510 g/mol. The molecule has 210 valence electrons. The number of amides is 1. The van der Waals surface area contributed by atoms with Crippen LogP contribution < -0.4 is 5.32 Å². The van der Waals surface area contributed by atoms with E-state index in [-0.39, 0.29) is 36.0 Å². The maximum atomic E-state index is 12.8. The highest BCUT2D eigenvalue weighted by Crippen LogP contribution is 2.37. The molecule has 1 saturated heterocycles. The fourth-order valence-electron chi connectivity index (χ4n) is 5.27. The summed E-state index contributed by atoms with van der Waals surface area (Å²) in [5.41, 5.74) is 4.08. The van der Waals surface area contributed by atoms with E-state index < -0.39 is 0 Å². The average molecular weight is 548 g/mol. The molecule has 4 aromatic rings. The van der Waals surface area contributed by atoms with Crippen molar-refractivity contribution >= 4 is 17.7 Å². The monoisotopic (exact) mass is 547 g/mol. The molecule has 41 heavy (non-hydrogen) atoms. The second-order valence-electron chi connectivity index (χ2n) is 10.0. The van der Waals surface area contributed by atoms with Crippen LogP contribution in [-0.2, 0) is 14.3 Å². The quantitative estimate of drug-likeness (QED) is 0.175. The third-order valence-electron chi connectivity index (χ3n) is 7.31. The van der Waals surface area contributed by atoms with Crippen LogP contribution >= 0.6 is 0 Å². The van der Waals surface area contributed by atoms with Crippen LogP contribution in [0.5, 0.6) is 0 Å². The van der Waals surface area contributed by atoms with Gasteiger partial charge >= 0.3 is 5.97 Å². The van der Waals surface area contributed by atoms with Gasteiger partial charge in [0.1, 0.15) is 0 Å². The lowest BCUT2D eigenvalue weighted by Gasteiger charge is -2.33. The fraction of sp³-hybridized carbons (Fsp3) is 0.250. The van der Waals surface area contributed by atoms with Crippen LogP contribution in [-0.4, -0.2) is 24.3 Å². The summed E-state index contributed by atoms with van der Waals surface area (Å²) in [4.78, 5) is 36.1. The summed E-state index contributed by atoms with van der Waals surface area (Å²) < 4.78 is 4.96. The van der Waals surface area contributed by atoms with Crippen molar-refractivity contribution in [2.45, 2.75) is 50.5 Å². The van der Waals surface area contributed by atoms with Gasteiger partial charge in [-0.2, -0.15) is 0 Å². The topological polar surface area (TPSA) is 72.5 Å². The van der Waals surface area contributed by atoms with Gasteiger partial charge in [0.15, 0.2) is 5.78 Å². The number of Topliss-reactive ketones (excluding diaryl/α,β-unsaturated/α-hetero) is 1. The molecule has 0 aromatic heterocycles. The van der Waals surface area contributed by atoms with Gasteiger partial charge in [-0.25, -0.2) is 0 Å². The number of ether oxygens (including phenoxy) is 1. The van der Waals surface area contributed by atoms with E-state index in [0.717, 1.165) is 12.0 Å². The van der Waals surface area contributed by atoms with E-state index in [0.29, 0.717) is 30.9 Å². The number of piperidine rings is 1. The Kier molecular flexibility index (Phi) is 11.0. The van der Waals surface area contributed by atoms with E-state index in [1.807, 2.05) is 84.9 Å². The first-order chi connectivity index (χ1) is 20.1. The highest BCUT2D eigenvalue weighted by Gasteiger charge is 2.30. The molecule has 3 atom stereocenters. The maximum absolute atomic E-state index is 12.8. The van der Waals surface area contributed by atoms with Gasteiger partial charge in [-0.05, 0) is 36.5 Å². The lowest BCUT2D eigenvalue weighted by molar-refractivity contribution is -0.143. The minimum Gasteiger partial charge on any atom is -0.466 e. The van der Waals surface area contributed by atoms with Gasteiger partial charge in [0.25, 0.3) is 0 Å². The largest absolute Gasteiger partial charge is 0.466 e. The molecule has 0 radical (unpaired) electrons. The Hall–Kier alpha value is -4.51. The van der Waals surface area contributed by atoms with E-state index in [1.165, 1.54) is 11.1 Å². The predicted octanol–water partition coefficient (Wildman–Crippen LogP) is 7.42. The fourth-order valence-corrected chi connectivity index (χ4v) is 5.27. The standard InChI is InChI=1S/C19H20O3.C17H17NO/c1-2-22-18(20)14-13-17(15-9-5-3-6-10-15)19(21)16-11-7-4-8-12-16;19-16-12-11-15(13-7-3-1-4-8-13)17(18-16)14-9-5-2-6-10-14/h3-12,17H,2,13-14H2,1H3;1-10,15,17H,11-12H2,(H,18,19). The molecule has 1 amide bonds. The molecule has 1 fully saturated rings. The summed E-state index contributed by atoms with van der Waals surface area (Å²) >= 11 is 0. The molecule has 4 aromatic carbocycles. The number of nitrogens with one attached hydrogen (secondary N) is 1. The van der Waals surface area contributed by atoms with E-state index >= 15 is 0 Å². The molecule has 1 aliphatic rings. The first kappa shape index (κ1) is 29.5. The summed E-state index contributed by atoms with van der Waals surface area (Å²) in [5, 5.41) is 3.14. The number of esters is 1. The Balaban J connectivity index is 0.000000191. The van der Waals surface area contributed by atoms with Crippen molar-refractivity contribution < 1.29 is 19.1 Å². The van der Waals surface area contributed by atoms with Crippen LogP contribution in [0.25, 0.3) is 0 Å². The number of ketones is 1. The zero-order valence-electron chi connectivity index (χ0n) is 23.4. The maximum Gasteiger partial charge on any atom is 0.305 e. The molecule has 0 bridgehead atoms. The molecule has 0 aliphatic carbocycles. The van der Waals surface area contributed by atoms with Crippen LogP contribution in [0.3, 0.4) is 0 Å². The van der Waals surface area contributed by atoms with Crippen molar-refractivity contribution in [3.05, 3.63) is 144 Å². The van der Waals surface area contributed by atoms with Gasteiger partial charge in [0.2, 0.25) is 5.91 Å². The normalized spacial score (nSPS) is 16.9. The number of hydrogen-bond donors (Lipinski definition) is 1. The van der Waals surface area contributed by atoms with Crippen LogP contribution in [0.1, 0.15) is 77.5 Å². The highest BCUT2D eigenvalue weighted by molar-refractivity contribution is 6.01. The number of benzene rings is 4. The van der Waals surface area contributed by atoms with E-state index in [9.17, 15) is 14.4 Å². The van der Waals surface area contributed by atoms with Crippen LogP contribution in [0, 0.1) is 0 Å². The minimum atomic E-state index is -0.326. The lowest BCUT2D eigenvalue weighted by atomic mass is 9.81. The van der Waals surface area contributed by atoms with E-state index in [4.69, 9.17) is 4.74 Å². The van der Waals surface area contributed by atoms with E-state index in [2.05, 4.69) is 41.7 Å². The van der Waals surface area contributed by atoms with E-state index in [1.54, 1.807) is 6.92 Å². The van der Waals surface area contributed by atoms with Gasteiger partial charge in [0.05, 0.1) is 12.6 Å². The summed E-state index contributed by atoms with van der Waals surface area (Å²) in [6.45, 7) is 2.14. The third kappa shape index (κ3) is 8.49. The van der Waals surface area contributed by atoms with Crippen LogP contribution in [0.15, 0.2) is 121 Å². The number of hydrogen-bond acceptors (Lipinski definition) is 4. The average Bonchev–Trinajstić information content (AvgIpc) is 3.03. The molecular formula is C36H37NO4. The Labute approximate surface area is 242 Å². The van der Waals surface area contributed by atoms with Gasteiger partial charge in [-0.1, -0.05) is 121 Å². The molecule has 3 unspecified atom stereocenters. The summed E-state index contributed by atoms with van der Waals surface area (Å²) in [6, 6.07) is 39.6. The molecule has 5 nitrogen and oxygen atoms in total. The summed E-state index contributed by atoms with van der Waals surface area (Å²) in [5.74, 6) is -0.0317. The number of carbonyl (C=O) groups is 3. The predicted molar refractivity (Wildman–Crippen MR) is 162 cm³/mol. The van der Waals surface area contributed by atoms with Gasteiger partial charge in [-0.3, -0.25) is 14.4 Å². The van der Waals surface area contributed by atoms with Gasteiger partial charge in [-0.15, -0.1) is 0 Å². The van der Waals surface area contributed by atoms with Crippen molar-refractivity contribution in [3.8, 4) is 0 Å². The smallest absolute Gasteiger partial charge is 0.305 e. The van der Waals surface area contributed by atoms with Gasteiger partial charge < -0.3 is 10.1 Å². The number of carbonyl (C=O) groups excluding carboxylic acids is 3. The Bertz CT molecular complexity index is 1370. The molecule has 1 heterocycles. The first-order valence-corrected chi connectivity index (χ1v) is 14.3. The highest BCUT2D eigenvalue weighted by atomic mass is 16.5. The second kappa shape index (κ2) is 15.3. The zero-order chi connectivity index (χ0) is 28.9. The number of rotatable bonds is 9. The Morgan fingerprint density at radius 1 is 0.780 bits per heavy atom. The lowest BCUT2D eigenvalue weighted by Crippen LogP contribution is -2.37. The molecule has 1 N–H and O–H groups in total. The van der Waals surface area contributed by atoms with Crippen molar-refractivity contribution in [2.75, 3.05) is 6.61 Å². The molecule has 0 saturated carbocycles. The first-order valence-electron chi connectivity index (χ1n) is 14.3. The van der Waals surface area contributed by atoms with Crippen molar-refractivity contribution in [2.24, 2.45) is 0 Å². The Morgan fingerprint density at radius 2 is 1.32 bits per heavy atom. The SMILES string of the molecule is CCOC(=O)CCC(C(=O)c1ccccc1)c1ccccc1.O=C1CCC(c2ccccc2)C(c2ccccc2)N1. The molecule has 1 aliphatic heterocycles. The summed E-state index contributed by atoms with van der Waals surface area (Å²) in [6.07, 6.45) is 2.22. The zero-order valence-corrected chi connectivity index (χ0v) is 23.4. The van der Waals surface area contributed by atoms with Crippen LogP contribution in [0.4, 0.5) is 0 Å². The molecule has 0 spiro atoms.